The Kier molecular flexibility index (Phi) is 32.3. The van der Waals surface area contributed by atoms with Gasteiger partial charge >= 0.3 is 18.2 Å². The highest BCUT2D eigenvalue weighted by Crippen LogP contribution is 2.50. The average molecular weight is 1490 g/mol. The van der Waals surface area contributed by atoms with Gasteiger partial charge in [-0.15, -0.1) is 0 Å². The van der Waals surface area contributed by atoms with Crippen LogP contribution >= 0.6 is 11.6 Å². The molecule has 1 aliphatic carbocycles. The Balaban J connectivity index is 0.000000638. The highest BCUT2D eigenvalue weighted by Gasteiger charge is 2.64. The number of epoxide rings is 1. The van der Waals surface area contributed by atoms with Crippen LogP contribution in [0.15, 0.2) is 115 Å². The molecule has 6 N–H and O–H groups in total. The summed E-state index contributed by atoms with van der Waals surface area (Å²) in [5, 5.41) is 26.9. The van der Waals surface area contributed by atoms with E-state index < -0.39 is 65.7 Å². The maximum absolute atomic E-state index is 14.3. The van der Waals surface area contributed by atoms with Crippen LogP contribution in [0.25, 0.3) is 22.0 Å². The number of rotatable bonds is 34. The smallest absolute Gasteiger partial charge is 0.409 e. The summed E-state index contributed by atoms with van der Waals surface area (Å²) < 4.78 is 64.6. The molecule has 4 aliphatic rings. The molecule has 0 radical (unpaired) electrons. The molecule has 0 saturated carbocycles. The number of nitrogens with one attached hydrogen (secondary N) is 5. The zero-order valence-electron chi connectivity index (χ0n) is 62.5. The lowest BCUT2D eigenvalue weighted by Gasteiger charge is -2.42. The van der Waals surface area contributed by atoms with Crippen molar-refractivity contribution in [3.05, 3.63) is 148 Å². The van der Waals surface area contributed by atoms with E-state index in [4.69, 9.17) is 63.7 Å². The number of aliphatic hydroxyl groups is 1. The van der Waals surface area contributed by atoms with Crippen LogP contribution in [0.1, 0.15) is 87.2 Å². The molecule has 8 atom stereocenters. The number of carbonyl (C=O) groups is 7. The van der Waals surface area contributed by atoms with Gasteiger partial charge in [0.05, 0.1) is 115 Å². The van der Waals surface area contributed by atoms with Crippen molar-refractivity contribution in [3.8, 4) is 11.1 Å². The van der Waals surface area contributed by atoms with Gasteiger partial charge in [0.15, 0.2) is 5.72 Å². The van der Waals surface area contributed by atoms with E-state index in [0.29, 0.717) is 103 Å². The molecule has 1 aromatic heterocycles. The van der Waals surface area contributed by atoms with E-state index in [-0.39, 0.29) is 81.8 Å². The zero-order valence-corrected chi connectivity index (χ0v) is 63.3. The molecule has 0 spiro atoms. The second-order valence-corrected chi connectivity index (χ2v) is 27.1. The number of amides is 6. The number of anilines is 1. The fraction of sp³-hybridized carbons (Fsp3) is 0.526. The standard InChI is InChI=1S/C62H90ClN7O17.C16H15NO2/c1-41-13-12-16-51(78-9)62(77)38-50(85-60(76)67-62)43(3)58-61(5,87-58)52(37-56(74)69(8)49-35-45(33-41)34-42(2)57(49)63)86-59(75)44(4)68(7)55(73)18-21-79-23-25-81-27-29-83-31-32-84-30-28-82-26-24-80-22-19-65-54(72)40-66-53(71)17-20-70-47(39-64-6)36-46-14-10-11-15-48(46)70;1-17-16(18)19-10-15-13-8-4-2-6-11(13)12-7-3-5-9-14(12)15/h10-16,34-36,43-44,50-52,58,64,77H,17-33,37-40H2,1-9H3,(H,65,72)(H,66,71)(H,67,76);2-9,15H,10H2,1H3,(H,17,18)/b16-12+,41-13+;/t43-,44+,50+,51-,52+,58?,61+,62-;/m1./s1. The number of aryl methyl sites for hydroxylation is 2. The Labute approximate surface area is 625 Å². The first-order chi connectivity index (χ1) is 51.0. The summed E-state index contributed by atoms with van der Waals surface area (Å²) in [6, 6.07) is 29.4. The maximum Gasteiger partial charge on any atom is 0.409 e. The maximum atomic E-state index is 14.3. The number of hydrogen-bond acceptors (Lipinski definition) is 20. The van der Waals surface area contributed by atoms with Crippen LogP contribution in [-0.4, -0.2) is 232 Å². The molecule has 4 bridgehead atoms. The highest BCUT2D eigenvalue weighted by atomic mass is 35.5. The number of carbonyl (C=O) groups excluding carboxylic acids is 7. The molecule has 4 aromatic carbocycles. The monoisotopic (exact) mass is 1490 g/mol. The number of allylic oxidation sites excluding steroid dienone is 3. The van der Waals surface area contributed by atoms with Gasteiger partial charge in [-0.25, -0.2) is 14.4 Å². The summed E-state index contributed by atoms with van der Waals surface area (Å²) in [7, 11) is 7.97. The summed E-state index contributed by atoms with van der Waals surface area (Å²) >= 11 is 6.83. The Morgan fingerprint density at radius 1 is 0.792 bits per heavy atom. The van der Waals surface area contributed by atoms with Crippen molar-refractivity contribution in [2.24, 2.45) is 5.92 Å². The minimum absolute atomic E-state index is 0.0298. The topological polar surface area (TPSA) is 316 Å². The van der Waals surface area contributed by atoms with Gasteiger partial charge < -0.3 is 92.8 Å². The molecule has 4 heterocycles. The van der Waals surface area contributed by atoms with Gasteiger partial charge in [0, 0.05) is 83.8 Å². The number of likely N-dealkylation sites (N-methyl/N-ethyl adjacent to an activating group) is 1. The third kappa shape index (κ3) is 23.3. The zero-order chi connectivity index (χ0) is 76.3. The van der Waals surface area contributed by atoms with Crippen molar-refractivity contribution in [1.29, 1.82) is 0 Å². The first-order valence-corrected chi connectivity index (χ1v) is 36.4. The molecule has 1 unspecified atom stereocenters. The summed E-state index contributed by atoms with van der Waals surface area (Å²) in [5.74, 6) is -2.50. The largest absolute Gasteiger partial charge is 0.457 e. The predicted molar refractivity (Wildman–Crippen MR) is 398 cm³/mol. The Hall–Kier alpha value is -8.32. The number of hydrogen-bond donors (Lipinski definition) is 6. The number of para-hydroxylation sites is 1. The minimum Gasteiger partial charge on any atom is -0.457 e. The molecule has 578 valence electrons. The Morgan fingerprint density at radius 2 is 1.40 bits per heavy atom. The van der Waals surface area contributed by atoms with Crippen LogP contribution in [0, 0.1) is 12.8 Å². The number of benzene rings is 4. The van der Waals surface area contributed by atoms with Gasteiger partial charge in [-0.3, -0.25) is 24.5 Å². The van der Waals surface area contributed by atoms with E-state index in [2.05, 4.69) is 61.5 Å². The van der Waals surface area contributed by atoms with Crippen molar-refractivity contribution in [2.75, 3.05) is 139 Å². The van der Waals surface area contributed by atoms with Crippen LogP contribution in [0.3, 0.4) is 0 Å². The van der Waals surface area contributed by atoms with Crippen LogP contribution in [0.4, 0.5) is 15.3 Å². The van der Waals surface area contributed by atoms with Crippen LogP contribution < -0.4 is 31.5 Å². The van der Waals surface area contributed by atoms with Crippen molar-refractivity contribution in [3.63, 3.8) is 0 Å². The second-order valence-electron chi connectivity index (χ2n) is 26.8. The summed E-state index contributed by atoms with van der Waals surface area (Å²) in [6.45, 7) is 14.3. The molecule has 3 aliphatic heterocycles. The number of ether oxygens (including phenoxy) is 11. The van der Waals surface area contributed by atoms with E-state index in [1.54, 1.807) is 40.1 Å². The molecular weight excluding hydrogens is 1390 g/mol. The van der Waals surface area contributed by atoms with Gasteiger partial charge in [0.1, 0.15) is 36.6 Å². The Morgan fingerprint density at radius 3 is 2.02 bits per heavy atom. The van der Waals surface area contributed by atoms with E-state index >= 15 is 0 Å². The molecule has 5 aromatic rings. The lowest BCUT2D eigenvalue weighted by molar-refractivity contribution is -0.162. The summed E-state index contributed by atoms with van der Waals surface area (Å²) in [5.41, 5.74) is 7.06. The van der Waals surface area contributed by atoms with E-state index in [1.165, 1.54) is 53.1 Å². The molecule has 28 heteroatoms. The number of esters is 1. The molecule has 9 rings (SSSR count). The van der Waals surface area contributed by atoms with Crippen molar-refractivity contribution in [1.82, 2.24) is 36.1 Å². The van der Waals surface area contributed by atoms with E-state index in [1.807, 2.05) is 87.6 Å². The molecule has 27 nitrogen and oxygen atoms in total. The third-order valence-corrected chi connectivity index (χ3v) is 19.7. The molecule has 2 fully saturated rings. The van der Waals surface area contributed by atoms with Crippen LogP contribution in [0.5, 0.6) is 0 Å². The second kappa shape index (κ2) is 41.1. The van der Waals surface area contributed by atoms with E-state index in [9.17, 15) is 38.7 Å². The highest BCUT2D eigenvalue weighted by molar-refractivity contribution is 6.34. The average Bonchev–Trinajstić information content (AvgIpc) is 1.57. The van der Waals surface area contributed by atoms with Crippen molar-refractivity contribution in [2.45, 2.75) is 128 Å². The predicted octanol–water partition coefficient (Wildman–Crippen LogP) is 7.46. The fourth-order valence-corrected chi connectivity index (χ4v) is 13.4. The first-order valence-electron chi connectivity index (χ1n) is 36.0. The minimum atomic E-state index is -1.85. The van der Waals surface area contributed by atoms with Crippen LogP contribution in [-0.2, 0) is 95.6 Å². The number of aromatic nitrogens is 1. The number of halogens is 1. The normalized spacial score (nSPS) is 21.6. The lowest BCUT2D eigenvalue weighted by atomic mass is 9.83. The molecule has 6 amide bonds. The molecule has 2 saturated heterocycles. The van der Waals surface area contributed by atoms with Crippen LogP contribution in [0.2, 0.25) is 5.02 Å². The Bertz CT molecular complexity index is 3790. The van der Waals surface area contributed by atoms with Gasteiger partial charge in [-0.1, -0.05) is 115 Å². The fourth-order valence-electron chi connectivity index (χ4n) is 13.1. The number of fused-ring (bicyclic) bond motifs is 9. The number of alkyl carbamates (subject to hydrolysis) is 2. The number of methoxy groups -OCH3 is 1. The molecule has 106 heavy (non-hydrogen) atoms. The van der Waals surface area contributed by atoms with Gasteiger partial charge in [-0.2, -0.15) is 0 Å². The summed E-state index contributed by atoms with van der Waals surface area (Å²) in [6.07, 6.45) is 0.694. The van der Waals surface area contributed by atoms with Crippen molar-refractivity contribution >= 4 is 70.0 Å². The van der Waals surface area contributed by atoms with Gasteiger partial charge in [-0.05, 0) is 98.1 Å². The quantitative estimate of drug-likeness (QED) is 0.0101. The SMILES string of the molecule is CNC(=O)OCC1c2ccccc2-c2ccccc21.CNCc1cc2ccccc2n1CCC(=O)NCC(=O)NCCOCCOCCOCCOCCOCCOCCC(=O)N(C)[C@@H](C)C(=O)O[C@H]1CC(=O)N(C)c2cc(cc(C)c2Cl)C/C(C)=C/C=C/[C@@H](OC)[C@]2(O)C[C@H](OC(=O)N2)[C@@H](C)C2O[C@]21C. The first kappa shape index (κ1) is 83.3. The third-order valence-electron chi connectivity index (χ3n) is 19.2. The van der Waals surface area contributed by atoms with Gasteiger partial charge in [0.2, 0.25) is 23.6 Å². The summed E-state index contributed by atoms with van der Waals surface area (Å²) in [4.78, 5) is 93.3. The van der Waals surface area contributed by atoms with E-state index in [0.717, 1.165) is 33.3 Å². The molecular formula is C78H105ClN8O19. The lowest BCUT2D eigenvalue weighted by Crippen LogP contribution is -2.63. The van der Waals surface area contributed by atoms with Gasteiger partial charge in [0.25, 0.3) is 0 Å². The van der Waals surface area contributed by atoms with Crippen molar-refractivity contribution < 1.29 is 90.8 Å². The number of nitrogens with zero attached hydrogens (tertiary/aromatic N) is 3.